The van der Waals surface area contributed by atoms with Gasteiger partial charge in [-0.15, -0.1) is 0 Å². The lowest BCUT2D eigenvalue weighted by Gasteiger charge is -2.26. The van der Waals surface area contributed by atoms with E-state index in [1.165, 1.54) is 295 Å². The molecule has 3 unspecified atom stereocenters. The minimum absolute atomic E-state index is 0.0794. The van der Waals surface area contributed by atoms with Gasteiger partial charge in [-0.3, -0.25) is 13.8 Å². The molecular formula is C65H134N2O6P+. The molecule has 0 rings (SSSR count). The van der Waals surface area contributed by atoms with E-state index >= 15 is 0 Å². The lowest BCUT2D eigenvalue weighted by atomic mass is 10.0. The molecule has 8 nitrogen and oxygen atoms in total. The van der Waals surface area contributed by atoms with Crippen LogP contribution in [0.4, 0.5) is 0 Å². The number of likely N-dealkylation sites (N-methyl/N-ethyl adjacent to an activating group) is 1. The monoisotopic (exact) mass is 1070 g/mol. The second kappa shape index (κ2) is 57.2. The number of unbranched alkanes of at least 4 members (excludes halogenated alkanes) is 50. The fraction of sp³-hybridized carbons (Fsp3) is 0.985. The number of carbonyl (C=O) groups excluding carboxylic acids is 1. The first-order valence-electron chi connectivity index (χ1n) is 33.4. The summed E-state index contributed by atoms with van der Waals surface area (Å²) in [4.78, 5) is 23.4. The van der Waals surface area contributed by atoms with E-state index in [0.717, 1.165) is 38.5 Å². The molecule has 3 atom stereocenters. The van der Waals surface area contributed by atoms with Crippen molar-refractivity contribution in [3.63, 3.8) is 0 Å². The van der Waals surface area contributed by atoms with Crippen LogP contribution >= 0.6 is 7.82 Å². The normalized spacial score (nSPS) is 13.7. The average Bonchev–Trinajstić information content (AvgIpc) is 3.36. The Hall–Kier alpha value is -0.500. The number of hydrogen-bond acceptors (Lipinski definition) is 5. The van der Waals surface area contributed by atoms with E-state index < -0.39 is 20.0 Å². The molecule has 0 fully saturated rings. The maximum atomic E-state index is 13.0. The Morgan fingerprint density at radius 3 is 0.905 bits per heavy atom. The first-order valence-corrected chi connectivity index (χ1v) is 34.9. The molecule has 0 saturated carbocycles. The molecule has 0 bridgehead atoms. The summed E-state index contributed by atoms with van der Waals surface area (Å²) < 4.78 is 23.9. The van der Waals surface area contributed by atoms with E-state index in [0.29, 0.717) is 23.9 Å². The molecule has 74 heavy (non-hydrogen) atoms. The van der Waals surface area contributed by atoms with Crippen LogP contribution in [0.5, 0.6) is 0 Å². The Morgan fingerprint density at radius 2 is 0.649 bits per heavy atom. The molecule has 0 aromatic rings. The van der Waals surface area contributed by atoms with Crippen LogP contribution in [-0.2, 0) is 18.4 Å². The number of phosphoric acid groups is 1. The Kier molecular flexibility index (Phi) is 56.8. The number of rotatable bonds is 63. The summed E-state index contributed by atoms with van der Waals surface area (Å²) in [5.41, 5.74) is 0. The van der Waals surface area contributed by atoms with Crippen molar-refractivity contribution in [1.82, 2.24) is 5.32 Å². The van der Waals surface area contributed by atoms with E-state index in [2.05, 4.69) is 19.2 Å². The molecule has 0 radical (unpaired) electrons. The lowest BCUT2D eigenvalue weighted by molar-refractivity contribution is -0.870. The molecule has 0 aliphatic rings. The minimum Gasteiger partial charge on any atom is -0.391 e. The number of phosphoric ester groups is 1. The van der Waals surface area contributed by atoms with Crippen LogP contribution in [0.15, 0.2) is 0 Å². The van der Waals surface area contributed by atoms with Gasteiger partial charge in [0.2, 0.25) is 5.91 Å². The van der Waals surface area contributed by atoms with Crippen LogP contribution in [0.25, 0.3) is 0 Å². The summed E-state index contributed by atoms with van der Waals surface area (Å²) in [6, 6.07) is -0.756. The third-order valence-corrected chi connectivity index (χ3v) is 16.8. The number of nitrogens with zero attached hydrogens (tertiary/aromatic N) is 1. The second-order valence-electron chi connectivity index (χ2n) is 24.6. The predicted octanol–water partition coefficient (Wildman–Crippen LogP) is 20.8. The van der Waals surface area contributed by atoms with Gasteiger partial charge in [0.15, 0.2) is 0 Å². The van der Waals surface area contributed by atoms with Crippen LogP contribution < -0.4 is 5.32 Å². The number of quaternary nitrogens is 1. The molecule has 0 aromatic heterocycles. The largest absolute Gasteiger partial charge is 0.472 e. The van der Waals surface area contributed by atoms with Crippen LogP contribution in [0.3, 0.4) is 0 Å². The molecule has 0 aromatic carbocycles. The van der Waals surface area contributed by atoms with E-state index in [4.69, 9.17) is 9.05 Å². The SMILES string of the molecule is CCCCCCCCCCCCCCCCCCCCCCCCCCCCCCCCC(O)C(COP(=O)(O)OCC[N+](C)(C)C)NC(=O)CCCCCCCCCCCCCCCCCCCCCCCC. The molecule has 0 heterocycles. The van der Waals surface area contributed by atoms with Gasteiger partial charge in [-0.25, -0.2) is 4.57 Å². The molecular weight excluding hydrogens is 936 g/mol. The van der Waals surface area contributed by atoms with Crippen LogP contribution in [0.1, 0.15) is 361 Å². The number of amides is 1. The van der Waals surface area contributed by atoms with Crippen molar-refractivity contribution in [2.75, 3.05) is 40.9 Å². The smallest absolute Gasteiger partial charge is 0.391 e. The molecule has 0 spiro atoms. The van der Waals surface area contributed by atoms with E-state index in [1.54, 1.807) is 0 Å². The van der Waals surface area contributed by atoms with E-state index in [-0.39, 0.29) is 19.1 Å². The Labute approximate surface area is 463 Å². The van der Waals surface area contributed by atoms with E-state index in [9.17, 15) is 19.4 Å². The van der Waals surface area contributed by atoms with Gasteiger partial charge < -0.3 is 19.8 Å². The summed E-state index contributed by atoms with van der Waals surface area (Å²) in [5, 5.41) is 14.1. The summed E-state index contributed by atoms with van der Waals surface area (Å²) in [6.07, 6.45) is 70.5. The van der Waals surface area contributed by atoms with Crippen molar-refractivity contribution < 1.29 is 32.9 Å². The first-order chi connectivity index (χ1) is 36.0. The highest BCUT2D eigenvalue weighted by Gasteiger charge is 2.28. The van der Waals surface area contributed by atoms with Crippen LogP contribution in [0.2, 0.25) is 0 Å². The summed E-state index contributed by atoms with van der Waals surface area (Å²) in [5.74, 6) is -0.134. The molecule has 0 saturated heterocycles. The van der Waals surface area contributed by atoms with Gasteiger partial charge in [0.25, 0.3) is 0 Å². The maximum absolute atomic E-state index is 13.0. The van der Waals surface area contributed by atoms with Crippen molar-refractivity contribution >= 4 is 13.7 Å². The lowest BCUT2D eigenvalue weighted by Crippen LogP contribution is -2.46. The summed E-state index contributed by atoms with van der Waals surface area (Å²) in [6.45, 7) is 4.96. The van der Waals surface area contributed by atoms with Gasteiger partial charge in [0.05, 0.1) is 39.9 Å². The highest BCUT2D eigenvalue weighted by Crippen LogP contribution is 2.43. The zero-order chi connectivity index (χ0) is 54.2. The third-order valence-electron chi connectivity index (χ3n) is 15.9. The van der Waals surface area contributed by atoms with Crippen molar-refractivity contribution in [2.24, 2.45) is 0 Å². The summed E-state index contributed by atoms with van der Waals surface area (Å²) in [7, 11) is 1.64. The van der Waals surface area contributed by atoms with Gasteiger partial charge in [-0.05, 0) is 12.8 Å². The fourth-order valence-electron chi connectivity index (χ4n) is 10.6. The highest BCUT2D eigenvalue weighted by molar-refractivity contribution is 7.47. The average molecular weight is 1070 g/mol. The number of aliphatic hydroxyl groups excluding tert-OH is 1. The van der Waals surface area contributed by atoms with Crippen LogP contribution in [-0.4, -0.2) is 73.4 Å². The molecule has 1 amide bonds. The quantitative estimate of drug-likeness (QED) is 0.0318. The van der Waals surface area contributed by atoms with Crippen molar-refractivity contribution in [1.29, 1.82) is 0 Å². The zero-order valence-electron chi connectivity index (χ0n) is 50.9. The van der Waals surface area contributed by atoms with Gasteiger partial charge >= 0.3 is 7.82 Å². The minimum atomic E-state index is -4.32. The van der Waals surface area contributed by atoms with Crippen LogP contribution in [0, 0.1) is 0 Å². The zero-order valence-corrected chi connectivity index (χ0v) is 51.8. The van der Waals surface area contributed by atoms with E-state index in [1.807, 2.05) is 21.1 Å². The molecule has 0 aliphatic heterocycles. The number of nitrogens with one attached hydrogen (secondary N) is 1. The van der Waals surface area contributed by atoms with Gasteiger partial charge in [-0.1, -0.05) is 341 Å². The highest BCUT2D eigenvalue weighted by atomic mass is 31.2. The fourth-order valence-corrected chi connectivity index (χ4v) is 11.4. The van der Waals surface area contributed by atoms with Gasteiger partial charge in [0.1, 0.15) is 13.2 Å². The number of aliphatic hydroxyl groups is 1. The van der Waals surface area contributed by atoms with Crippen molar-refractivity contribution in [3.8, 4) is 0 Å². The Bertz CT molecular complexity index is 1170. The maximum Gasteiger partial charge on any atom is 0.472 e. The molecule has 3 N–H and O–H groups in total. The first kappa shape index (κ1) is 73.5. The van der Waals surface area contributed by atoms with Gasteiger partial charge in [0, 0.05) is 6.42 Å². The van der Waals surface area contributed by atoms with Crippen molar-refractivity contribution in [2.45, 2.75) is 373 Å². The molecule has 0 aliphatic carbocycles. The number of carbonyl (C=O) groups is 1. The number of hydrogen-bond donors (Lipinski definition) is 3. The molecule has 444 valence electrons. The Balaban J connectivity index is 4.01. The second-order valence-corrected chi connectivity index (χ2v) is 26.0. The topological polar surface area (TPSA) is 105 Å². The predicted molar refractivity (Wildman–Crippen MR) is 323 cm³/mol. The summed E-state index contributed by atoms with van der Waals surface area (Å²) >= 11 is 0. The Morgan fingerprint density at radius 1 is 0.405 bits per heavy atom. The standard InChI is InChI=1S/C65H133N2O6P/c1-6-8-10-12-14-16-18-20-22-24-26-28-30-31-32-33-34-35-36-37-38-40-42-44-46-48-50-52-54-56-58-64(68)63(62-73-74(70,71)72-61-60-67(3,4)5)66-65(69)59-57-55-53-51-49-47-45-43-41-39-29-27-25-23-21-19-17-15-13-11-9-7-2/h63-64,68H,6-62H2,1-5H3,(H-,66,69,70,71)/p+1. The molecule has 9 heteroatoms. The van der Waals surface area contributed by atoms with Gasteiger partial charge in [-0.2, -0.15) is 0 Å². The van der Waals surface area contributed by atoms with Crippen molar-refractivity contribution in [3.05, 3.63) is 0 Å². The third kappa shape index (κ3) is 59.2.